The molecule has 0 saturated carbocycles. The highest BCUT2D eigenvalue weighted by atomic mass is 32.2. The van der Waals surface area contributed by atoms with E-state index >= 15 is 0 Å². The fraction of sp³-hybridized carbons (Fsp3) is 0.100. The van der Waals surface area contributed by atoms with E-state index in [2.05, 4.69) is 47.8 Å². The van der Waals surface area contributed by atoms with Gasteiger partial charge in [-0.1, -0.05) is 66.4 Å². The van der Waals surface area contributed by atoms with Crippen molar-refractivity contribution in [3.63, 3.8) is 0 Å². The maximum Gasteiger partial charge on any atom is 0.108 e. The fourth-order valence-corrected chi connectivity index (χ4v) is 4.69. The summed E-state index contributed by atoms with van der Waals surface area (Å²) in [6.45, 7) is 0. The monoisotopic (exact) mass is 327 g/mol. The largest absolute Gasteiger partial charge is 0.371 e. The van der Waals surface area contributed by atoms with Gasteiger partial charge >= 0.3 is 0 Å². The number of nitrogens with one attached hydrogen (secondary N) is 1. The Morgan fingerprint density at radius 2 is 1.96 bits per heavy atom. The molecule has 0 amide bonds. The molecule has 114 valence electrons. The molecule has 1 saturated heterocycles. The van der Waals surface area contributed by atoms with E-state index in [-0.39, 0.29) is 6.04 Å². The molecule has 24 heavy (non-hydrogen) atoms. The number of fused-ring (bicyclic) bond motifs is 1. The van der Waals surface area contributed by atoms with Crippen molar-refractivity contribution in [2.45, 2.75) is 11.3 Å². The molecule has 0 bridgehead atoms. The van der Waals surface area contributed by atoms with Gasteiger partial charge in [0.15, 0.2) is 0 Å². The van der Waals surface area contributed by atoms with Crippen LogP contribution in [0.3, 0.4) is 0 Å². The van der Waals surface area contributed by atoms with E-state index in [0.29, 0.717) is 10.8 Å². The standard InChI is InChI=1S/C20H13N3S/c21-11-14(20-23-15-8-1-2-10-17(15)24-20)19-13-7-3-5-12-6-4-9-16(22-19)18(12)13/h1-10,15,17,23H/b20-14+. The highest BCUT2D eigenvalue weighted by Gasteiger charge is 2.32. The summed E-state index contributed by atoms with van der Waals surface area (Å²) in [4.78, 5) is 4.78. The Balaban J connectivity index is 1.66. The van der Waals surface area contributed by atoms with Gasteiger partial charge in [-0.25, -0.2) is 4.99 Å². The predicted molar refractivity (Wildman–Crippen MR) is 99.4 cm³/mol. The van der Waals surface area contributed by atoms with Crippen LogP contribution in [0, 0.1) is 11.3 Å². The van der Waals surface area contributed by atoms with Gasteiger partial charge in [0.2, 0.25) is 0 Å². The van der Waals surface area contributed by atoms with E-state index in [1.165, 1.54) is 0 Å². The Hall–Kier alpha value is -2.77. The third kappa shape index (κ3) is 1.88. The predicted octanol–water partition coefficient (Wildman–Crippen LogP) is 4.21. The van der Waals surface area contributed by atoms with Crippen molar-refractivity contribution in [1.29, 1.82) is 5.26 Å². The molecule has 0 radical (unpaired) electrons. The van der Waals surface area contributed by atoms with Crippen LogP contribution in [-0.2, 0) is 0 Å². The lowest BCUT2D eigenvalue weighted by atomic mass is 9.99. The average molecular weight is 327 g/mol. The molecule has 1 fully saturated rings. The van der Waals surface area contributed by atoms with E-state index in [9.17, 15) is 5.26 Å². The van der Waals surface area contributed by atoms with Crippen LogP contribution in [0.15, 0.2) is 76.3 Å². The summed E-state index contributed by atoms with van der Waals surface area (Å²) in [6.07, 6.45) is 8.43. The summed E-state index contributed by atoms with van der Waals surface area (Å²) >= 11 is 1.71. The number of rotatable bonds is 1. The van der Waals surface area contributed by atoms with Crippen LogP contribution < -0.4 is 5.32 Å². The molecule has 0 aromatic heterocycles. The number of thioether (sulfide) groups is 1. The summed E-state index contributed by atoms with van der Waals surface area (Å²) in [5, 5.41) is 16.9. The van der Waals surface area contributed by atoms with Gasteiger partial charge in [-0.05, 0) is 11.5 Å². The van der Waals surface area contributed by atoms with Crippen molar-refractivity contribution in [2.75, 3.05) is 0 Å². The zero-order valence-electron chi connectivity index (χ0n) is 12.7. The van der Waals surface area contributed by atoms with Crippen molar-refractivity contribution in [1.82, 2.24) is 5.32 Å². The Morgan fingerprint density at radius 1 is 1.12 bits per heavy atom. The van der Waals surface area contributed by atoms with Gasteiger partial charge in [-0.2, -0.15) is 5.26 Å². The molecule has 2 aromatic carbocycles. The van der Waals surface area contributed by atoms with Gasteiger partial charge in [-0.15, -0.1) is 0 Å². The quantitative estimate of drug-likeness (QED) is 0.798. The first-order valence-corrected chi connectivity index (χ1v) is 8.77. The second-order valence-corrected chi connectivity index (χ2v) is 7.17. The molecule has 2 heterocycles. The van der Waals surface area contributed by atoms with E-state index in [1.54, 1.807) is 11.8 Å². The molecule has 0 spiro atoms. The van der Waals surface area contributed by atoms with Gasteiger partial charge in [0.05, 0.1) is 27.7 Å². The molecule has 2 atom stereocenters. The zero-order chi connectivity index (χ0) is 16.1. The van der Waals surface area contributed by atoms with Crippen LogP contribution in [0.5, 0.6) is 0 Å². The van der Waals surface area contributed by atoms with Gasteiger partial charge < -0.3 is 5.32 Å². The molecule has 1 N–H and O–H groups in total. The first-order valence-electron chi connectivity index (χ1n) is 7.89. The minimum atomic E-state index is 0.249. The van der Waals surface area contributed by atoms with E-state index in [1.807, 2.05) is 24.3 Å². The number of hydrogen-bond donors (Lipinski definition) is 1. The first-order chi connectivity index (χ1) is 11.8. The topological polar surface area (TPSA) is 48.2 Å². The van der Waals surface area contributed by atoms with Crippen LogP contribution in [0.1, 0.15) is 5.56 Å². The molecule has 3 nitrogen and oxygen atoms in total. The summed E-state index contributed by atoms with van der Waals surface area (Å²) in [7, 11) is 0. The summed E-state index contributed by atoms with van der Waals surface area (Å²) in [5.41, 5.74) is 3.42. The Bertz CT molecular complexity index is 1010. The van der Waals surface area contributed by atoms with Gasteiger partial charge in [0.1, 0.15) is 11.6 Å². The third-order valence-electron chi connectivity index (χ3n) is 4.58. The van der Waals surface area contributed by atoms with Crippen molar-refractivity contribution >= 4 is 33.9 Å². The van der Waals surface area contributed by atoms with Crippen LogP contribution >= 0.6 is 11.8 Å². The van der Waals surface area contributed by atoms with Gasteiger partial charge in [0, 0.05) is 10.9 Å². The number of hydrogen-bond acceptors (Lipinski definition) is 4. The molecule has 2 aromatic rings. The van der Waals surface area contributed by atoms with Crippen molar-refractivity contribution in [2.24, 2.45) is 4.99 Å². The number of nitrogens with zero attached hydrogens (tertiary/aromatic N) is 2. The second-order valence-electron chi connectivity index (χ2n) is 5.98. The molecular formula is C20H13N3S. The summed E-state index contributed by atoms with van der Waals surface area (Å²) < 4.78 is 0. The Kier molecular flexibility index (Phi) is 2.91. The maximum atomic E-state index is 9.84. The maximum absolute atomic E-state index is 9.84. The molecule has 4 heteroatoms. The van der Waals surface area contributed by atoms with Crippen LogP contribution in [0.25, 0.3) is 10.8 Å². The third-order valence-corrected chi connectivity index (χ3v) is 5.86. The lowest BCUT2D eigenvalue weighted by Crippen LogP contribution is -2.27. The molecule has 2 unspecified atom stereocenters. The molecule has 5 rings (SSSR count). The summed E-state index contributed by atoms with van der Waals surface area (Å²) in [6, 6.07) is 14.9. The number of benzene rings is 2. The fourth-order valence-electron chi connectivity index (χ4n) is 3.48. The first kappa shape index (κ1) is 13.6. The van der Waals surface area contributed by atoms with E-state index in [0.717, 1.165) is 32.8 Å². The highest BCUT2D eigenvalue weighted by molar-refractivity contribution is 8.04. The van der Waals surface area contributed by atoms with Crippen LogP contribution in [-0.4, -0.2) is 17.0 Å². The molecule has 3 aliphatic rings. The number of allylic oxidation sites excluding steroid dienone is 3. The smallest absolute Gasteiger partial charge is 0.108 e. The highest BCUT2D eigenvalue weighted by Crippen LogP contribution is 2.41. The van der Waals surface area contributed by atoms with Gasteiger partial charge in [0.25, 0.3) is 0 Å². The van der Waals surface area contributed by atoms with Crippen molar-refractivity contribution in [3.8, 4) is 6.07 Å². The van der Waals surface area contributed by atoms with E-state index < -0.39 is 0 Å². The minimum Gasteiger partial charge on any atom is -0.371 e. The lowest BCUT2D eigenvalue weighted by Gasteiger charge is -2.12. The van der Waals surface area contributed by atoms with Crippen molar-refractivity contribution in [3.05, 3.63) is 76.9 Å². The minimum absolute atomic E-state index is 0.249. The van der Waals surface area contributed by atoms with E-state index in [4.69, 9.17) is 4.99 Å². The number of nitriles is 1. The number of aliphatic imine (C=N–C) groups is 1. The second kappa shape index (κ2) is 5.12. The molecule has 1 aliphatic carbocycles. The van der Waals surface area contributed by atoms with Crippen molar-refractivity contribution < 1.29 is 0 Å². The zero-order valence-corrected chi connectivity index (χ0v) is 13.5. The Labute approximate surface area is 144 Å². The van der Waals surface area contributed by atoms with Crippen LogP contribution in [0.4, 0.5) is 5.69 Å². The molecular weight excluding hydrogens is 314 g/mol. The SMILES string of the molecule is N#C/C(C1=Nc2cccc3cccc1c23)=C1/NC2C=CC=CC2S1. The summed E-state index contributed by atoms with van der Waals surface area (Å²) in [5.74, 6) is 0. The van der Waals surface area contributed by atoms with Gasteiger partial charge in [-0.3, -0.25) is 0 Å². The average Bonchev–Trinajstić information content (AvgIpc) is 3.20. The normalized spacial score (nSPS) is 25.2. The Morgan fingerprint density at radius 3 is 2.79 bits per heavy atom. The van der Waals surface area contributed by atoms with Crippen LogP contribution in [0.2, 0.25) is 0 Å². The lowest BCUT2D eigenvalue weighted by molar-refractivity contribution is 0.737. The molecule has 2 aliphatic heterocycles.